The Balaban J connectivity index is 2.94. The van der Waals surface area contributed by atoms with Gasteiger partial charge < -0.3 is 5.73 Å². The van der Waals surface area contributed by atoms with E-state index in [-0.39, 0.29) is 0 Å². The molecule has 64 valence electrons. The van der Waals surface area contributed by atoms with E-state index in [0.29, 0.717) is 6.54 Å². The minimum Gasteiger partial charge on any atom is -0.327 e. The van der Waals surface area contributed by atoms with Crippen molar-refractivity contribution < 1.29 is 0 Å². The van der Waals surface area contributed by atoms with Crippen LogP contribution in [0.25, 0.3) is 6.08 Å². The summed E-state index contributed by atoms with van der Waals surface area (Å²) in [5.41, 5.74) is 6.21. The van der Waals surface area contributed by atoms with Crippen molar-refractivity contribution in [2.75, 3.05) is 6.54 Å². The summed E-state index contributed by atoms with van der Waals surface area (Å²) >= 11 is 6.72. The van der Waals surface area contributed by atoms with Gasteiger partial charge in [0.25, 0.3) is 0 Å². The summed E-state index contributed by atoms with van der Waals surface area (Å²) in [5, 5.41) is 0. The fourth-order valence-corrected chi connectivity index (χ4v) is 1.85. The lowest BCUT2D eigenvalue weighted by atomic mass is 10.3. The third-order valence-corrected chi connectivity index (χ3v) is 2.32. The third-order valence-electron chi connectivity index (χ3n) is 1.25. The van der Waals surface area contributed by atoms with Crippen LogP contribution in [0.15, 0.2) is 27.3 Å². The van der Waals surface area contributed by atoms with Crippen LogP contribution < -0.4 is 5.73 Å². The molecule has 0 aliphatic carbocycles. The predicted molar refractivity (Wildman–Crippen MR) is 57.7 cm³/mol. The van der Waals surface area contributed by atoms with Crippen molar-refractivity contribution in [2.24, 2.45) is 5.73 Å². The molecule has 1 rings (SSSR count). The van der Waals surface area contributed by atoms with E-state index in [4.69, 9.17) is 5.73 Å². The van der Waals surface area contributed by atoms with Gasteiger partial charge in [0.2, 0.25) is 0 Å². The van der Waals surface area contributed by atoms with E-state index in [2.05, 4.69) is 36.8 Å². The predicted octanol–water partition coefficient (Wildman–Crippen LogP) is 2.58. The highest BCUT2D eigenvalue weighted by Gasteiger charge is 1.96. The monoisotopic (exact) mass is 290 g/mol. The molecule has 12 heavy (non-hydrogen) atoms. The average Bonchev–Trinajstić information content (AvgIpc) is 2.03. The van der Waals surface area contributed by atoms with Crippen molar-refractivity contribution in [3.05, 3.63) is 33.0 Å². The SMILES string of the molecule is NC/C=C/c1ncc(Br)cc1Br. The van der Waals surface area contributed by atoms with E-state index < -0.39 is 0 Å². The molecule has 4 heteroatoms. The number of hydrogen-bond donors (Lipinski definition) is 1. The second kappa shape index (κ2) is 4.74. The number of rotatable bonds is 2. The van der Waals surface area contributed by atoms with Gasteiger partial charge in [-0.25, -0.2) is 0 Å². The Kier molecular flexibility index (Phi) is 3.91. The minimum absolute atomic E-state index is 0.532. The third kappa shape index (κ3) is 2.69. The number of hydrogen-bond acceptors (Lipinski definition) is 2. The van der Waals surface area contributed by atoms with Crippen LogP contribution in [0.5, 0.6) is 0 Å². The molecule has 1 aromatic heterocycles. The molecule has 0 aliphatic rings. The number of nitrogens with zero attached hydrogens (tertiary/aromatic N) is 1. The number of nitrogens with two attached hydrogens (primary N) is 1. The number of halogens is 2. The average molecular weight is 292 g/mol. The molecule has 0 unspecified atom stereocenters. The smallest absolute Gasteiger partial charge is 0.0769 e. The van der Waals surface area contributed by atoms with Crippen LogP contribution in [0.3, 0.4) is 0 Å². The summed E-state index contributed by atoms with van der Waals surface area (Å²) in [6, 6.07) is 1.95. The largest absolute Gasteiger partial charge is 0.327 e. The van der Waals surface area contributed by atoms with Crippen LogP contribution in [0.2, 0.25) is 0 Å². The molecule has 0 fully saturated rings. The molecule has 0 bridgehead atoms. The highest BCUT2D eigenvalue weighted by Crippen LogP contribution is 2.20. The van der Waals surface area contributed by atoms with Gasteiger partial charge in [-0.1, -0.05) is 6.08 Å². The van der Waals surface area contributed by atoms with Gasteiger partial charge in [0.15, 0.2) is 0 Å². The van der Waals surface area contributed by atoms with E-state index in [1.807, 2.05) is 18.2 Å². The highest BCUT2D eigenvalue weighted by atomic mass is 79.9. The molecule has 2 N–H and O–H groups in total. The summed E-state index contributed by atoms with van der Waals surface area (Å²) in [4.78, 5) is 4.18. The Bertz CT molecular complexity index is 297. The lowest BCUT2D eigenvalue weighted by Crippen LogP contribution is -1.92. The Hall–Kier alpha value is -0.190. The first-order valence-corrected chi connectivity index (χ1v) is 5.00. The van der Waals surface area contributed by atoms with Crippen LogP contribution >= 0.6 is 31.9 Å². The number of pyridine rings is 1. The normalized spacial score (nSPS) is 10.9. The van der Waals surface area contributed by atoms with Crippen LogP contribution in [0, 0.1) is 0 Å². The molecule has 1 heterocycles. The van der Waals surface area contributed by atoms with Crippen LogP contribution in [-0.4, -0.2) is 11.5 Å². The maximum atomic E-state index is 5.32. The molecule has 0 saturated carbocycles. The zero-order chi connectivity index (χ0) is 8.97. The van der Waals surface area contributed by atoms with Gasteiger partial charge in [-0.2, -0.15) is 0 Å². The molecule has 0 aromatic carbocycles. The van der Waals surface area contributed by atoms with Crippen LogP contribution in [-0.2, 0) is 0 Å². The maximum absolute atomic E-state index is 5.32. The fraction of sp³-hybridized carbons (Fsp3) is 0.125. The molecule has 0 saturated heterocycles. The van der Waals surface area contributed by atoms with Gasteiger partial charge in [0, 0.05) is 21.7 Å². The van der Waals surface area contributed by atoms with Crippen molar-refractivity contribution in [1.29, 1.82) is 0 Å². The molecule has 0 atom stereocenters. The van der Waals surface area contributed by atoms with Gasteiger partial charge in [-0.3, -0.25) is 4.98 Å². The second-order valence-corrected chi connectivity index (χ2v) is 3.93. The Morgan fingerprint density at radius 2 is 2.25 bits per heavy atom. The fourth-order valence-electron chi connectivity index (χ4n) is 0.727. The molecular weight excluding hydrogens is 284 g/mol. The quantitative estimate of drug-likeness (QED) is 0.910. The first-order valence-electron chi connectivity index (χ1n) is 3.41. The summed E-state index contributed by atoms with van der Waals surface area (Å²) in [7, 11) is 0. The van der Waals surface area contributed by atoms with Crippen LogP contribution in [0.1, 0.15) is 5.69 Å². The van der Waals surface area contributed by atoms with E-state index in [1.54, 1.807) is 6.20 Å². The Morgan fingerprint density at radius 1 is 1.50 bits per heavy atom. The first-order chi connectivity index (χ1) is 5.74. The molecule has 0 amide bonds. The molecule has 0 spiro atoms. The minimum atomic E-state index is 0.532. The van der Waals surface area contributed by atoms with E-state index in [0.717, 1.165) is 14.6 Å². The summed E-state index contributed by atoms with van der Waals surface area (Å²) in [6.07, 6.45) is 5.50. The molecule has 0 aliphatic heterocycles. The van der Waals surface area contributed by atoms with Gasteiger partial charge in [0.1, 0.15) is 0 Å². The van der Waals surface area contributed by atoms with Gasteiger partial charge in [-0.05, 0) is 44.0 Å². The van der Waals surface area contributed by atoms with Gasteiger partial charge in [0.05, 0.1) is 5.69 Å². The molecular formula is C8H8Br2N2. The Morgan fingerprint density at radius 3 is 2.83 bits per heavy atom. The highest BCUT2D eigenvalue weighted by molar-refractivity contribution is 9.11. The molecule has 0 radical (unpaired) electrons. The Labute approximate surface area is 88.1 Å². The van der Waals surface area contributed by atoms with E-state index in [9.17, 15) is 0 Å². The maximum Gasteiger partial charge on any atom is 0.0769 e. The summed E-state index contributed by atoms with van der Waals surface area (Å²) in [6.45, 7) is 0.532. The van der Waals surface area contributed by atoms with E-state index >= 15 is 0 Å². The van der Waals surface area contributed by atoms with E-state index in [1.165, 1.54) is 0 Å². The lowest BCUT2D eigenvalue weighted by molar-refractivity contribution is 1.23. The van der Waals surface area contributed by atoms with Crippen molar-refractivity contribution in [1.82, 2.24) is 4.98 Å². The second-order valence-electron chi connectivity index (χ2n) is 2.16. The summed E-state index contributed by atoms with van der Waals surface area (Å²) < 4.78 is 1.92. The molecule has 2 nitrogen and oxygen atoms in total. The van der Waals surface area contributed by atoms with Crippen molar-refractivity contribution in [3.63, 3.8) is 0 Å². The van der Waals surface area contributed by atoms with Crippen molar-refractivity contribution in [3.8, 4) is 0 Å². The van der Waals surface area contributed by atoms with Crippen LogP contribution in [0.4, 0.5) is 0 Å². The number of aromatic nitrogens is 1. The van der Waals surface area contributed by atoms with Gasteiger partial charge >= 0.3 is 0 Å². The molecule has 1 aromatic rings. The summed E-state index contributed by atoms with van der Waals surface area (Å²) in [5.74, 6) is 0. The topological polar surface area (TPSA) is 38.9 Å². The zero-order valence-corrected chi connectivity index (χ0v) is 9.47. The van der Waals surface area contributed by atoms with Gasteiger partial charge in [-0.15, -0.1) is 0 Å². The van der Waals surface area contributed by atoms with Crippen molar-refractivity contribution >= 4 is 37.9 Å². The van der Waals surface area contributed by atoms with Crippen molar-refractivity contribution in [2.45, 2.75) is 0 Å². The standard InChI is InChI=1S/C8H8Br2N2/c9-6-4-7(10)8(12-5-6)2-1-3-11/h1-2,4-5H,3,11H2/b2-1+. The first kappa shape index (κ1) is 9.89. The lowest BCUT2D eigenvalue weighted by Gasteiger charge is -1.97. The zero-order valence-electron chi connectivity index (χ0n) is 6.30.